The van der Waals surface area contributed by atoms with Gasteiger partial charge in [-0.1, -0.05) is 59.6 Å². The van der Waals surface area contributed by atoms with Crippen molar-refractivity contribution in [1.29, 1.82) is 0 Å². The second-order valence-electron chi connectivity index (χ2n) is 6.89. The number of hydrogen-bond acceptors (Lipinski definition) is 2. The fourth-order valence-corrected chi connectivity index (χ4v) is 4.35. The maximum absolute atomic E-state index is 13.1. The van der Waals surface area contributed by atoms with Crippen LogP contribution in [0.1, 0.15) is 25.0 Å². The van der Waals surface area contributed by atoms with Gasteiger partial charge >= 0.3 is 0 Å². The minimum Gasteiger partial charge on any atom is -0.496 e. The standard InChI is InChI=1S/C22H20Br2ClNO2/c1-13(2)12-26-18(10-14-6-4-5-7-17(14)23)20(21(24)22(26)27)16-11-15(25)8-9-19(16)28-3/h4-11,13H,12H2,1-3H3/b18-10+. The largest absolute Gasteiger partial charge is 0.496 e. The van der Waals surface area contributed by atoms with Crippen molar-refractivity contribution in [3.05, 3.63) is 73.3 Å². The zero-order valence-electron chi connectivity index (χ0n) is 15.8. The van der Waals surface area contributed by atoms with Gasteiger partial charge in [-0.2, -0.15) is 0 Å². The lowest BCUT2D eigenvalue weighted by molar-refractivity contribution is -0.123. The molecule has 1 heterocycles. The van der Waals surface area contributed by atoms with Crippen molar-refractivity contribution in [2.75, 3.05) is 13.7 Å². The number of carbonyl (C=O) groups is 1. The van der Waals surface area contributed by atoms with Crippen LogP contribution in [-0.2, 0) is 4.79 Å². The van der Waals surface area contributed by atoms with E-state index < -0.39 is 0 Å². The Morgan fingerprint density at radius 1 is 1.18 bits per heavy atom. The van der Waals surface area contributed by atoms with E-state index in [4.69, 9.17) is 16.3 Å². The van der Waals surface area contributed by atoms with Gasteiger partial charge in [0.1, 0.15) is 5.75 Å². The molecule has 1 aliphatic heterocycles. The topological polar surface area (TPSA) is 29.5 Å². The fourth-order valence-electron chi connectivity index (χ4n) is 3.15. The van der Waals surface area contributed by atoms with Crippen LogP contribution in [0.3, 0.4) is 0 Å². The summed E-state index contributed by atoms with van der Waals surface area (Å²) in [5.41, 5.74) is 3.36. The highest BCUT2D eigenvalue weighted by atomic mass is 79.9. The summed E-state index contributed by atoms with van der Waals surface area (Å²) in [4.78, 5) is 14.9. The molecule has 28 heavy (non-hydrogen) atoms. The van der Waals surface area contributed by atoms with Crippen LogP contribution in [-0.4, -0.2) is 24.5 Å². The number of halogens is 3. The number of allylic oxidation sites excluding steroid dienone is 1. The Kier molecular flexibility index (Phi) is 6.69. The number of ether oxygens (including phenoxy) is 1. The van der Waals surface area contributed by atoms with Crippen molar-refractivity contribution >= 4 is 61.0 Å². The SMILES string of the molecule is COc1ccc(Cl)cc1C1=C(Br)C(=O)N(CC(C)C)/C1=C/c1ccccc1Br. The van der Waals surface area contributed by atoms with E-state index in [2.05, 4.69) is 45.7 Å². The lowest BCUT2D eigenvalue weighted by atomic mass is 10.0. The number of carbonyl (C=O) groups excluding carboxylic acids is 1. The van der Waals surface area contributed by atoms with Gasteiger partial charge in [-0.3, -0.25) is 4.79 Å². The number of hydrogen-bond donors (Lipinski definition) is 0. The summed E-state index contributed by atoms with van der Waals surface area (Å²) in [6.45, 7) is 4.79. The van der Waals surface area contributed by atoms with Gasteiger partial charge in [-0.15, -0.1) is 0 Å². The van der Waals surface area contributed by atoms with Crippen LogP contribution in [0.5, 0.6) is 5.75 Å². The average Bonchev–Trinajstić information content (AvgIpc) is 2.87. The molecule has 0 unspecified atom stereocenters. The summed E-state index contributed by atoms with van der Waals surface area (Å²) >= 11 is 13.4. The molecular weight excluding hydrogens is 506 g/mol. The molecule has 2 aromatic carbocycles. The number of methoxy groups -OCH3 is 1. The Morgan fingerprint density at radius 3 is 2.54 bits per heavy atom. The van der Waals surface area contributed by atoms with Gasteiger partial charge in [0.05, 0.1) is 17.3 Å². The van der Waals surface area contributed by atoms with Crippen LogP contribution in [0, 0.1) is 5.92 Å². The van der Waals surface area contributed by atoms with Crippen molar-refractivity contribution in [3.8, 4) is 5.75 Å². The van der Waals surface area contributed by atoms with Crippen molar-refractivity contribution in [3.63, 3.8) is 0 Å². The molecule has 0 saturated heterocycles. The predicted octanol–water partition coefficient (Wildman–Crippen LogP) is 6.76. The Balaban J connectivity index is 2.25. The van der Waals surface area contributed by atoms with E-state index in [1.807, 2.05) is 47.4 Å². The average molecular weight is 526 g/mol. The predicted molar refractivity (Wildman–Crippen MR) is 123 cm³/mol. The number of amides is 1. The number of nitrogens with zero attached hydrogens (tertiary/aromatic N) is 1. The molecule has 0 aliphatic carbocycles. The Hall–Kier alpha value is -1.56. The third-order valence-electron chi connectivity index (χ3n) is 4.38. The maximum atomic E-state index is 13.1. The Morgan fingerprint density at radius 2 is 1.89 bits per heavy atom. The summed E-state index contributed by atoms with van der Waals surface area (Å²) < 4.78 is 7.02. The van der Waals surface area contributed by atoms with E-state index in [9.17, 15) is 4.79 Å². The number of benzene rings is 2. The molecule has 0 radical (unpaired) electrons. The van der Waals surface area contributed by atoms with Gasteiger partial charge in [-0.25, -0.2) is 0 Å². The second kappa shape index (κ2) is 8.85. The summed E-state index contributed by atoms with van der Waals surface area (Å²) in [7, 11) is 1.61. The second-order valence-corrected chi connectivity index (χ2v) is 8.98. The molecule has 0 atom stereocenters. The molecule has 0 saturated carbocycles. The minimum atomic E-state index is -0.0657. The molecule has 0 spiro atoms. The molecule has 0 fully saturated rings. The zero-order chi connectivity index (χ0) is 20.4. The summed E-state index contributed by atoms with van der Waals surface area (Å²) in [5, 5.41) is 0.582. The number of rotatable bonds is 5. The van der Waals surface area contributed by atoms with Crippen molar-refractivity contribution < 1.29 is 9.53 Å². The summed E-state index contributed by atoms with van der Waals surface area (Å²) in [6.07, 6.45) is 2.02. The van der Waals surface area contributed by atoms with E-state index in [0.717, 1.165) is 26.9 Å². The normalized spacial score (nSPS) is 15.9. The molecule has 6 heteroatoms. The van der Waals surface area contributed by atoms with Crippen LogP contribution in [0.4, 0.5) is 0 Å². The molecule has 3 rings (SSSR count). The third-order valence-corrected chi connectivity index (χ3v) is 6.07. The van der Waals surface area contributed by atoms with Gasteiger partial charge < -0.3 is 9.64 Å². The molecule has 2 aromatic rings. The van der Waals surface area contributed by atoms with Gasteiger partial charge in [0, 0.05) is 27.2 Å². The lowest BCUT2D eigenvalue weighted by Gasteiger charge is -2.23. The molecule has 1 aliphatic rings. The quantitative estimate of drug-likeness (QED) is 0.432. The first-order valence-electron chi connectivity index (χ1n) is 8.85. The van der Waals surface area contributed by atoms with E-state index in [-0.39, 0.29) is 5.91 Å². The van der Waals surface area contributed by atoms with Gasteiger partial charge in [0.15, 0.2) is 0 Å². The van der Waals surface area contributed by atoms with Crippen LogP contribution >= 0.6 is 43.5 Å². The first-order valence-corrected chi connectivity index (χ1v) is 10.8. The van der Waals surface area contributed by atoms with Crippen molar-refractivity contribution in [2.24, 2.45) is 5.92 Å². The first-order chi connectivity index (χ1) is 13.3. The highest BCUT2D eigenvalue weighted by Gasteiger charge is 2.36. The highest BCUT2D eigenvalue weighted by Crippen LogP contribution is 2.44. The molecule has 3 nitrogen and oxygen atoms in total. The van der Waals surface area contributed by atoms with Crippen molar-refractivity contribution in [2.45, 2.75) is 13.8 Å². The molecule has 146 valence electrons. The molecule has 0 aromatic heterocycles. The summed E-state index contributed by atoms with van der Waals surface area (Å²) in [6, 6.07) is 13.3. The van der Waals surface area contributed by atoms with E-state index in [0.29, 0.717) is 27.7 Å². The third kappa shape index (κ3) is 4.22. The lowest BCUT2D eigenvalue weighted by Crippen LogP contribution is -2.29. The van der Waals surface area contributed by atoms with E-state index >= 15 is 0 Å². The van der Waals surface area contributed by atoms with Crippen LogP contribution < -0.4 is 4.74 Å². The van der Waals surface area contributed by atoms with Crippen LogP contribution in [0.2, 0.25) is 5.02 Å². The molecule has 0 bridgehead atoms. The fraction of sp³-hybridized carbons (Fsp3) is 0.227. The molecular formula is C22H20Br2ClNO2. The van der Waals surface area contributed by atoms with Crippen LogP contribution in [0.15, 0.2) is 57.1 Å². The Labute approximate surface area is 187 Å². The smallest absolute Gasteiger partial charge is 0.266 e. The summed E-state index contributed by atoms with van der Waals surface area (Å²) in [5.74, 6) is 0.907. The zero-order valence-corrected chi connectivity index (χ0v) is 19.7. The van der Waals surface area contributed by atoms with Crippen molar-refractivity contribution in [1.82, 2.24) is 4.90 Å². The highest BCUT2D eigenvalue weighted by molar-refractivity contribution is 9.12. The minimum absolute atomic E-state index is 0.0657. The van der Waals surface area contributed by atoms with Gasteiger partial charge in [0.25, 0.3) is 5.91 Å². The Bertz CT molecular complexity index is 982. The molecule has 1 amide bonds. The van der Waals surface area contributed by atoms with E-state index in [1.165, 1.54) is 0 Å². The van der Waals surface area contributed by atoms with E-state index in [1.54, 1.807) is 13.2 Å². The maximum Gasteiger partial charge on any atom is 0.266 e. The van der Waals surface area contributed by atoms with Gasteiger partial charge in [0.2, 0.25) is 0 Å². The molecule has 0 N–H and O–H groups in total. The first kappa shape index (κ1) is 21.2. The van der Waals surface area contributed by atoms with Gasteiger partial charge in [-0.05, 0) is 57.8 Å². The van der Waals surface area contributed by atoms with Crippen LogP contribution in [0.25, 0.3) is 11.6 Å². The monoisotopic (exact) mass is 523 g/mol.